The maximum Gasteiger partial charge on any atom is 0.407 e. The lowest BCUT2D eigenvalue weighted by Crippen LogP contribution is -2.41. The van der Waals surface area contributed by atoms with Crippen molar-refractivity contribution in [2.45, 2.75) is 76.5 Å². The van der Waals surface area contributed by atoms with Crippen LogP contribution in [0.15, 0.2) is 30.3 Å². The normalized spacial score (nSPS) is 29.1. The number of carbonyl (C=O) groups is 1. The average Bonchev–Trinajstić information content (AvgIpc) is 3.33. The lowest BCUT2D eigenvalue weighted by molar-refractivity contribution is 0.0487. The number of hydrogen-bond acceptors (Lipinski definition) is 3. The van der Waals surface area contributed by atoms with Crippen molar-refractivity contribution in [3.8, 4) is 0 Å². The van der Waals surface area contributed by atoms with Crippen molar-refractivity contribution in [3.05, 3.63) is 35.9 Å². The molecule has 2 atom stereocenters. The number of ether oxygens (including phenoxy) is 1. The zero-order valence-corrected chi connectivity index (χ0v) is 15.8. The Morgan fingerprint density at radius 2 is 1.80 bits per heavy atom. The van der Waals surface area contributed by atoms with Gasteiger partial charge in [0.25, 0.3) is 0 Å². The quantitative estimate of drug-likeness (QED) is 0.841. The van der Waals surface area contributed by atoms with Crippen LogP contribution in [-0.2, 0) is 4.74 Å². The third kappa shape index (κ3) is 5.74. The topological polar surface area (TPSA) is 50.4 Å². The van der Waals surface area contributed by atoms with Crippen molar-refractivity contribution in [1.29, 1.82) is 0 Å². The zero-order chi connectivity index (χ0) is 17.9. The van der Waals surface area contributed by atoms with Crippen molar-refractivity contribution in [2.75, 3.05) is 6.54 Å². The highest BCUT2D eigenvalue weighted by Crippen LogP contribution is 2.40. The molecule has 0 bridgehead atoms. The Kier molecular flexibility index (Phi) is 5.67. The van der Waals surface area contributed by atoms with Gasteiger partial charge >= 0.3 is 6.09 Å². The highest BCUT2D eigenvalue weighted by Gasteiger charge is 2.38. The fourth-order valence-electron chi connectivity index (χ4n) is 3.79. The number of alkyl carbamates (subject to hydrolysis) is 1. The monoisotopic (exact) mass is 344 g/mol. The Balaban J connectivity index is 1.32. The summed E-state index contributed by atoms with van der Waals surface area (Å²) >= 11 is 0. The maximum absolute atomic E-state index is 11.9. The molecule has 0 saturated heterocycles. The molecule has 0 radical (unpaired) electrons. The van der Waals surface area contributed by atoms with E-state index in [0.717, 1.165) is 25.3 Å². The van der Waals surface area contributed by atoms with Crippen LogP contribution in [0, 0.1) is 5.92 Å². The van der Waals surface area contributed by atoms with E-state index >= 15 is 0 Å². The molecule has 2 N–H and O–H groups in total. The minimum absolute atomic E-state index is 0.268. The first-order valence-corrected chi connectivity index (χ1v) is 9.68. The van der Waals surface area contributed by atoms with Crippen LogP contribution in [0.2, 0.25) is 0 Å². The summed E-state index contributed by atoms with van der Waals surface area (Å²) < 4.78 is 5.35. The van der Waals surface area contributed by atoms with Gasteiger partial charge in [-0.05, 0) is 70.9 Å². The lowest BCUT2D eigenvalue weighted by Gasteiger charge is -2.30. The number of amides is 1. The molecule has 0 aromatic heterocycles. The van der Waals surface area contributed by atoms with Gasteiger partial charge in [0.05, 0.1) is 0 Å². The van der Waals surface area contributed by atoms with Gasteiger partial charge in [0.2, 0.25) is 0 Å². The number of benzene rings is 1. The summed E-state index contributed by atoms with van der Waals surface area (Å²) in [6.07, 6.45) is 5.45. The lowest BCUT2D eigenvalue weighted by atomic mass is 9.86. The zero-order valence-electron chi connectivity index (χ0n) is 15.8. The second kappa shape index (κ2) is 7.77. The second-order valence-corrected chi connectivity index (χ2v) is 8.63. The molecular weight excluding hydrogens is 312 g/mol. The molecule has 2 saturated carbocycles. The SMILES string of the molecule is CC(C)(C)OC(=O)NC1CCC(CN[C@H]2C[C@@H]2c2ccccc2)CC1. The van der Waals surface area contributed by atoms with Crippen molar-refractivity contribution in [3.63, 3.8) is 0 Å². The standard InChI is InChI=1S/C21H32N2O2/c1-21(2,3)25-20(24)23-17-11-9-15(10-12-17)14-22-19-13-18(19)16-7-5-4-6-8-16/h4-8,15,17-19,22H,9-14H2,1-3H3,(H,23,24)/t15?,17?,18-,19+/m1/s1. The summed E-state index contributed by atoms with van der Waals surface area (Å²) in [4.78, 5) is 11.9. The first-order chi connectivity index (χ1) is 11.9. The largest absolute Gasteiger partial charge is 0.444 e. The van der Waals surface area contributed by atoms with Crippen LogP contribution in [-0.4, -0.2) is 30.3 Å². The van der Waals surface area contributed by atoms with Crippen molar-refractivity contribution >= 4 is 6.09 Å². The minimum atomic E-state index is -0.426. The molecular formula is C21H32N2O2. The minimum Gasteiger partial charge on any atom is -0.444 e. The van der Waals surface area contributed by atoms with E-state index in [4.69, 9.17) is 4.74 Å². The van der Waals surface area contributed by atoms with Gasteiger partial charge in [-0.1, -0.05) is 30.3 Å². The van der Waals surface area contributed by atoms with E-state index in [9.17, 15) is 4.79 Å². The number of hydrogen-bond donors (Lipinski definition) is 2. The van der Waals surface area contributed by atoms with Gasteiger partial charge in [-0.3, -0.25) is 0 Å². The Labute approximate surface area is 151 Å². The summed E-state index contributed by atoms with van der Waals surface area (Å²) in [5.74, 6) is 1.43. The fourth-order valence-corrected chi connectivity index (χ4v) is 3.79. The van der Waals surface area contributed by atoms with Crippen molar-refractivity contribution in [1.82, 2.24) is 10.6 Å². The first kappa shape index (κ1) is 18.2. The molecule has 1 aromatic rings. The van der Waals surface area contributed by atoms with E-state index in [1.807, 2.05) is 20.8 Å². The van der Waals surface area contributed by atoms with E-state index in [1.165, 1.54) is 24.8 Å². The molecule has 138 valence electrons. The molecule has 2 aliphatic rings. The van der Waals surface area contributed by atoms with Gasteiger partial charge in [-0.2, -0.15) is 0 Å². The maximum atomic E-state index is 11.9. The van der Waals surface area contributed by atoms with E-state index in [0.29, 0.717) is 12.0 Å². The number of rotatable bonds is 5. The Morgan fingerprint density at radius 3 is 2.44 bits per heavy atom. The highest BCUT2D eigenvalue weighted by atomic mass is 16.6. The molecule has 4 nitrogen and oxygen atoms in total. The van der Waals surface area contributed by atoms with Crippen molar-refractivity contribution < 1.29 is 9.53 Å². The predicted octanol–water partition coefficient (Wildman–Crippen LogP) is 4.22. The van der Waals surface area contributed by atoms with Gasteiger partial charge in [0.1, 0.15) is 5.60 Å². The van der Waals surface area contributed by atoms with Crippen molar-refractivity contribution in [2.24, 2.45) is 5.92 Å². The van der Waals surface area contributed by atoms with Gasteiger partial charge in [0.15, 0.2) is 0 Å². The summed E-state index contributed by atoms with van der Waals surface area (Å²) in [7, 11) is 0. The summed E-state index contributed by atoms with van der Waals surface area (Å²) in [6, 6.07) is 11.7. The number of nitrogens with one attached hydrogen (secondary N) is 2. The van der Waals surface area contributed by atoms with Crippen LogP contribution in [0.1, 0.15) is 64.4 Å². The van der Waals surface area contributed by atoms with Crippen LogP contribution >= 0.6 is 0 Å². The molecule has 1 amide bonds. The molecule has 0 aliphatic heterocycles. The van der Waals surface area contributed by atoms with Crippen LogP contribution in [0.5, 0.6) is 0 Å². The molecule has 0 unspecified atom stereocenters. The summed E-state index contributed by atoms with van der Waals surface area (Å²) in [6.45, 7) is 6.80. The summed E-state index contributed by atoms with van der Waals surface area (Å²) in [5.41, 5.74) is 1.04. The molecule has 25 heavy (non-hydrogen) atoms. The second-order valence-electron chi connectivity index (χ2n) is 8.63. The first-order valence-electron chi connectivity index (χ1n) is 9.68. The molecule has 2 fully saturated rings. The molecule has 2 aliphatic carbocycles. The molecule has 3 rings (SSSR count). The summed E-state index contributed by atoms with van der Waals surface area (Å²) in [5, 5.41) is 6.77. The van der Waals surface area contributed by atoms with Crippen LogP contribution in [0.4, 0.5) is 4.79 Å². The smallest absolute Gasteiger partial charge is 0.407 e. The van der Waals surface area contributed by atoms with Gasteiger partial charge in [0, 0.05) is 18.0 Å². The van der Waals surface area contributed by atoms with Gasteiger partial charge in [-0.15, -0.1) is 0 Å². The van der Waals surface area contributed by atoms with Crippen LogP contribution in [0.25, 0.3) is 0 Å². The third-order valence-corrected chi connectivity index (χ3v) is 5.25. The molecule has 0 spiro atoms. The molecule has 4 heteroatoms. The van der Waals surface area contributed by atoms with E-state index in [1.54, 1.807) is 0 Å². The van der Waals surface area contributed by atoms with Gasteiger partial charge in [-0.25, -0.2) is 4.79 Å². The molecule has 1 aromatic carbocycles. The molecule has 0 heterocycles. The Morgan fingerprint density at radius 1 is 1.12 bits per heavy atom. The van der Waals surface area contributed by atoms with Gasteiger partial charge < -0.3 is 15.4 Å². The highest BCUT2D eigenvalue weighted by molar-refractivity contribution is 5.68. The van der Waals surface area contributed by atoms with Crippen LogP contribution in [0.3, 0.4) is 0 Å². The Bertz CT molecular complexity index is 559. The average molecular weight is 344 g/mol. The fraction of sp³-hybridized carbons (Fsp3) is 0.667. The predicted molar refractivity (Wildman–Crippen MR) is 101 cm³/mol. The Hall–Kier alpha value is -1.55. The van der Waals surface area contributed by atoms with E-state index in [-0.39, 0.29) is 12.1 Å². The van der Waals surface area contributed by atoms with E-state index < -0.39 is 5.60 Å². The van der Waals surface area contributed by atoms with E-state index in [2.05, 4.69) is 41.0 Å². The number of carbonyl (C=O) groups excluding carboxylic acids is 1. The third-order valence-electron chi connectivity index (χ3n) is 5.25. The van der Waals surface area contributed by atoms with Crippen LogP contribution < -0.4 is 10.6 Å².